The molecule has 2 nitrogen and oxygen atoms in total. The summed E-state index contributed by atoms with van der Waals surface area (Å²) in [6.07, 6.45) is 2.16. The van der Waals surface area contributed by atoms with E-state index in [2.05, 4.69) is 38.2 Å². The minimum atomic E-state index is 0.0973. The topological polar surface area (TPSA) is 21.3 Å². The van der Waals surface area contributed by atoms with Gasteiger partial charge in [0.05, 0.1) is 6.61 Å². The highest BCUT2D eigenvalue weighted by Crippen LogP contribution is 2.31. The molecule has 0 fully saturated rings. The molecule has 17 heavy (non-hydrogen) atoms. The van der Waals surface area contributed by atoms with E-state index < -0.39 is 0 Å². The first-order valence-corrected chi connectivity index (χ1v) is 6.53. The van der Waals surface area contributed by atoms with Crippen LogP contribution in [0.25, 0.3) is 0 Å². The zero-order chi connectivity index (χ0) is 12.5. The second-order valence-electron chi connectivity index (χ2n) is 5.61. The van der Waals surface area contributed by atoms with Crippen LogP contribution in [0.15, 0.2) is 12.1 Å². The van der Waals surface area contributed by atoms with Crippen LogP contribution >= 0.6 is 11.6 Å². The minimum absolute atomic E-state index is 0.0973. The standard InChI is InChI=1S/C14H20ClNO/c1-14(2,3)16-9-11-8-13-10(7-12(11)15)5-4-6-17-13/h7-8,16H,4-6,9H2,1-3H3. The maximum Gasteiger partial charge on any atom is 0.122 e. The lowest BCUT2D eigenvalue weighted by atomic mass is 10.0. The highest BCUT2D eigenvalue weighted by atomic mass is 35.5. The summed E-state index contributed by atoms with van der Waals surface area (Å²) < 4.78 is 5.66. The predicted molar refractivity (Wildman–Crippen MR) is 71.9 cm³/mol. The molecule has 3 heteroatoms. The maximum atomic E-state index is 6.29. The molecule has 0 saturated carbocycles. The molecule has 0 unspecified atom stereocenters. The summed E-state index contributed by atoms with van der Waals surface area (Å²) >= 11 is 6.29. The molecule has 2 rings (SSSR count). The molecule has 94 valence electrons. The normalized spacial score (nSPS) is 15.3. The molecule has 0 spiro atoms. The molecular weight excluding hydrogens is 234 g/mol. The van der Waals surface area contributed by atoms with Crippen LogP contribution in [-0.2, 0) is 13.0 Å². The number of rotatable bonds is 2. The fraction of sp³-hybridized carbons (Fsp3) is 0.571. The van der Waals surface area contributed by atoms with E-state index in [0.717, 1.165) is 42.3 Å². The number of ether oxygens (including phenoxy) is 1. The summed E-state index contributed by atoms with van der Waals surface area (Å²) in [6, 6.07) is 4.13. The van der Waals surface area contributed by atoms with Crippen molar-refractivity contribution >= 4 is 11.6 Å². The van der Waals surface area contributed by atoms with Gasteiger partial charge in [0, 0.05) is 17.1 Å². The van der Waals surface area contributed by atoms with E-state index in [0.29, 0.717) is 0 Å². The van der Waals surface area contributed by atoms with Crippen LogP contribution < -0.4 is 10.1 Å². The summed E-state index contributed by atoms with van der Waals surface area (Å²) in [7, 11) is 0. The van der Waals surface area contributed by atoms with Gasteiger partial charge >= 0.3 is 0 Å². The smallest absolute Gasteiger partial charge is 0.122 e. The molecule has 0 atom stereocenters. The third-order valence-corrected chi connectivity index (χ3v) is 3.24. The van der Waals surface area contributed by atoms with E-state index in [9.17, 15) is 0 Å². The van der Waals surface area contributed by atoms with Gasteiger partial charge in [-0.3, -0.25) is 0 Å². The zero-order valence-electron chi connectivity index (χ0n) is 10.8. The molecule has 0 bridgehead atoms. The Hall–Kier alpha value is -0.730. The average molecular weight is 254 g/mol. The first-order valence-electron chi connectivity index (χ1n) is 6.15. The van der Waals surface area contributed by atoms with E-state index in [4.69, 9.17) is 16.3 Å². The van der Waals surface area contributed by atoms with Crippen molar-refractivity contribution in [3.8, 4) is 5.75 Å². The Balaban J connectivity index is 2.17. The van der Waals surface area contributed by atoms with Crippen LogP contribution in [0.4, 0.5) is 0 Å². The van der Waals surface area contributed by atoms with Gasteiger partial charge in [-0.2, -0.15) is 0 Å². The van der Waals surface area contributed by atoms with E-state index in [-0.39, 0.29) is 5.54 Å². The molecular formula is C14H20ClNO. The van der Waals surface area contributed by atoms with Gasteiger partial charge in [0.1, 0.15) is 5.75 Å². The van der Waals surface area contributed by atoms with Crippen molar-refractivity contribution in [2.24, 2.45) is 0 Å². The first kappa shape index (κ1) is 12.7. The first-order chi connectivity index (χ1) is 7.96. The average Bonchev–Trinajstić information content (AvgIpc) is 2.25. The van der Waals surface area contributed by atoms with Gasteiger partial charge in [-0.05, 0) is 56.9 Å². The lowest BCUT2D eigenvalue weighted by Crippen LogP contribution is -2.35. The SMILES string of the molecule is CC(C)(C)NCc1cc2c(cc1Cl)CCCO2. The van der Waals surface area contributed by atoms with Crippen molar-refractivity contribution in [1.82, 2.24) is 5.32 Å². The molecule has 0 aliphatic carbocycles. The van der Waals surface area contributed by atoms with Crippen LogP contribution in [-0.4, -0.2) is 12.1 Å². The minimum Gasteiger partial charge on any atom is -0.493 e. The molecule has 1 aromatic carbocycles. The van der Waals surface area contributed by atoms with E-state index in [1.165, 1.54) is 5.56 Å². The third kappa shape index (κ3) is 3.36. The van der Waals surface area contributed by atoms with Gasteiger partial charge in [0.15, 0.2) is 0 Å². The second-order valence-corrected chi connectivity index (χ2v) is 6.01. The Kier molecular flexibility index (Phi) is 3.64. The van der Waals surface area contributed by atoms with Gasteiger partial charge in [0.2, 0.25) is 0 Å². The van der Waals surface area contributed by atoms with Crippen LogP contribution in [0.2, 0.25) is 5.02 Å². The number of halogens is 1. The quantitative estimate of drug-likeness (QED) is 0.870. The van der Waals surface area contributed by atoms with Crippen LogP contribution in [0.3, 0.4) is 0 Å². The fourth-order valence-corrected chi connectivity index (χ4v) is 2.16. The van der Waals surface area contributed by atoms with Gasteiger partial charge in [-0.1, -0.05) is 11.6 Å². The summed E-state index contributed by atoms with van der Waals surface area (Å²) in [4.78, 5) is 0. The monoisotopic (exact) mass is 253 g/mol. The molecule has 1 aliphatic rings. The Bertz CT molecular complexity index is 409. The molecule has 0 aromatic heterocycles. The lowest BCUT2D eigenvalue weighted by molar-refractivity contribution is 0.288. The second kappa shape index (κ2) is 4.87. The Morgan fingerprint density at radius 2 is 2.12 bits per heavy atom. The number of benzene rings is 1. The summed E-state index contributed by atoms with van der Waals surface area (Å²) in [5, 5.41) is 4.28. The molecule has 1 aromatic rings. The predicted octanol–water partition coefficient (Wildman–Crippen LogP) is 3.55. The van der Waals surface area contributed by atoms with Gasteiger partial charge in [0.25, 0.3) is 0 Å². The van der Waals surface area contributed by atoms with Gasteiger partial charge in [-0.25, -0.2) is 0 Å². The number of aryl methyl sites for hydroxylation is 1. The van der Waals surface area contributed by atoms with Crippen molar-refractivity contribution in [1.29, 1.82) is 0 Å². The van der Waals surface area contributed by atoms with Crippen LogP contribution in [0.5, 0.6) is 5.75 Å². The highest BCUT2D eigenvalue weighted by molar-refractivity contribution is 6.31. The van der Waals surface area contributed by atoms with Gasteiger partial charge in [-0.15, -0.1) is 0 Å². The zero-order valence-corrected chi connectivity index (χ0v) is 11.5. The lowest BCUT2D eigenvalue weighted by Gasteiger charge is -2.23. The van der Waals surface area contributed by atoms with Crippen molar-refractivity contribution in [2.45, 2.75) is 45.7 Å². The molecule has 1 heterocycles. The van der Waals surface area contributed by atoms with Gasteiger partial charge < -0.3 is 10.1 Å². The van der Waals surface area contributed by atoms with Crippen molar-refractivity contribution in [3.05, 3.63) is 28.3 Å². The van der Waals surface area contributed by atoms with E-state index in [1.54, 1.807) is 0 Å². The number of hydrogen-bond donors (Lipinski definition) is 1. The van der Waals surface area contributed by atoms with E-state index in [1.807, 2.05) is 0 Å². The van der Waals surface area contributed by atoms with Crippen LogP contribution in [0.1, 0.15) is 38.3 Å². The number of nitrogens with one attached hydrogen (secondary N) is 1. The van der Waals surface area contributed by atoms with E-state index >= 15 is 0 Å². The highest BCUT2D eigenvalue weighted by Gasteiger charge is 2.15. The third-order valence-electron chi connectivity index (χ3n) is 2.89. The Labute approximate surface area is 108 Å². The largest absolute Gasteiger partial charge is 0.493 e. The Morgan fingerprint density at radius 3 is 2.82 bits per heavy atom. The van der Waals surface area contributed by atoms with Crippen molar-refractivity contribution < 1.29 is 4.74 Å². The van der Waals surface area contributed by atoms with Crippen molar-refractivity contribution in [2.75, 3.05) is 6.61 Å². The molecule has 1 aliphatic heterocycles. The molecule has 0 saturated heterocycles. The maximum absolute atomic E-state index is 6.29. The fourth-order valence-electron chi connectivity index (χ4n) is 1.91. The molecule has 0 amide bonds. The van der Waals surface area contributed by atoms with Crippen molar-refractivity contribution in [3.63, 3.8) is 0 Å². The Morgan fingerprint density at radius 1 is 1.35 bits per heavy atom. The summed E-state index contributed by atoms with van der Waals surface area (Å²) in [5.41, 5.74) is 2.45. The number of fused-ring (bicyclic) bond motifs is 1. The summed E-state index contributed by atoms with van der Waals surface area (Å²) in [5.74, 6) is 1.01. The summed E-state index contributed by atoms with van der Waals surface area (Å²) in [6.45, 7) is 8.04. The number of hydrogen-bond acceptors (Lipinski definition) is 2. The molecule has 0 radical (unpaired) electrons. The van der Waals surface area contributed by atoms with Crippen LogP contribution in [0, 0.1) is 0 Å². The molecule has 1 N–H and O–H groups in total.